The summed E-state index contributed by atoms with van der Waals surface area (Å²) in [5, 5.41) is 30.6. The number of aromatic hydroxyl groups is 1. The summed E-state index contributed by atoms with van der Waals surface area (Å²) < 4.78 is 0. The van der Waals surface area contributed by atoms with Crippen LogP contribution in [0.25, 0.3) is 11.3 Å². The van der Waals surface area contributed by atoms with Crippen molar-refractivity contribution in [3.63, 3.8) is 0 Å². The van der Waals surface area contributed by atoms with Crippen molar-refractivity contribution in [2.75, 3.05) is 25.0 Å². The van der Waals surface area contributed by atoms with E-state index in [1.54, 1.807) is 12.3 Å². The quantitative estimate of drug-likeness (QED) is 0.743. The van der Waals surface area contributed by atoms with Crippen molar-refractivity contribution in [3.8, 4) is 17.0 Å². The summed E-state index contributed by atoms with van der Waals surface area (Å²) in [5.41, 5.74) is 3.04. The highest BCUT2D eigenvalue weighted by molar-refractivity contribution is 5.70. The zero-order valence-corrected chi connectivity index (χ0v) is 14.9. The Morgan fingerprint density at radius 1 is 1.35 bits per heavy atom. The summed E-state index contributed by atoms with van der Waals surface area (Å²) in [6.45, 7) is 5.30. The zero-order valence-electron chi connectivity index (χ0n) is 14.9. The minimum absolute atomic E-state index is 0.0439. The molecule has 1 fully saturated rings. The fourth-order valence-electron chi connectivity index (χ4n) is 3.43. The number of hydrogen-bond donors (Lipinski definition) is 3. The third-order valence-corrected chi connectivity index (χ3v) is 4.47. The molecular formula is C18H23N5O3. The minimum atomic E-state index is -0.818. The number of phenolic OH excluding ortho intramolecular Hbond substituents is 1. The lowest BCUT2D eigenvalue weighted by molar-refractivity contribution is -0.138. The number of nitrogens with one attached hydrogen (secondary N) is 1. The van der Waals surface area contributed by atoms with Crippen molar-refractivity contribution in [2.45, 2.75) is 32.7 Å². The molecule has 0 saturated carbocycles. The van der Waals surface area contributed by atoms with Gasteiger partial charge in [0.1, 0.15) is 11.4 Å². The Labute approximate surface area is 151 Å². The Morgan fingerprint density at radius 2 is 2.15 bits per heavy atom. The number of nitrogens with zero attached hydrogens (tertiary/aromatic N) is 4. The molecule has 2 heterocycles. The van der Waals surface area contributed by atoms with Crippen LogP contribution in [0.2, 0.25) is 0 Å². The van der Waals surface area contributed by atoms with Gasteiger partial charge in [-0.15, -0.1) is 10.2 Å². The lowest BCUT2D eigenvalue weighted by atomic mass is 10.0. The number of phenols is 1. The first-order valence-electron chi connectivity index (χ1n) is 8.63. The summed E-state index contributed by atoms with van der Waals surface area (Å²) in [5.74, 6) is -0.253. The second-order valence-corrected chi connectivity index (χ2v) is 6.76. The van der Waals surface area contributed by atoms with E-state index in [4.69, 9.17) is 5.11 Å². The molecule has 0 aliphatic carbocycles. The fraction of sp³-hybridized carbons (Fsp3) is 0.444. The summed E-state index contributed by atoms with van der Waals surface area (Å²) in [6.07, 6.45) is 3.44. The molecule has 138 valence electrons. The lowest BCUT2D eigenvalue weighted by Gasteiger charge is -2.31. The number of aromatic nitrogens is 3. The predicted octanol–water partition coefficient (Wildman–Crippen LogP) is 1.82. The highest BCUT2D eigenvalue weighted by Gasteiger charge is 2.22. The van der Waals surface area contributed by atoms with E-state index in [1.165, 1.54) is 0 Å². The number of carbonyl (C=O) groups is 1. The monoisotopic (exact) mass is 357 g/mol. The fourth-order valence-corrected chi connectivity index (χ4v) is 3.43. The molecular weight excluding hydrogens is 334 g/mol. The molecule has 1 saturated heterocycles. The number of benzene rings is 1. The van der Waals surface area contributed by atoms with Gasteiger partial charge in [0.05, 0.1) is 12.7 Å². The molecule has 3 N–H and O–H groups in total. The summed E-state index contributed by atoms with van der Waals surface area (Å²) >= 11 is 0. The number of aryl methyl sites for hydroxylation is 2. The van der Waals surface area contributed by atoms with Gasteiger partial charge in [-0.25, -0.2) is 4.98 Å². The second-order valence-electron chi connectivity index (χ2n) is 6.76. The van der Waals surface area contributed by atoms with Crippen LogP contribution in [0.4, 0.5) is 5.95 Å². The van der Waals surface area contributed by atoms with Crippen molar-refractivity contribution in [1.82, 2.24) is 20.1 Å². The van der Waals surface area contributed by atoms with Gasteiger partial charge in [-0.2, -0.15) is 0 Å². The van der Waals surface area contributed by atoms with E-state index in [2.05, 4.69) is 20.5 Å². The van der Waals surface area contributed by atoms with Crippen LogP contribution in [0.3, 0.4) is 0 Å². The lowest BCUT2D eigenvalue weighted by Crippen LogP contribution is -2.44. The van der Waals surface area contributed by atoms with Gasteiger partial charge in [0.2, 0.25) is 5.95 Å². The molecule has 3 rings (SSSR count). The third-order valence-electron chi connectivity index (χ3n) is 4.47. The topological polar surface area (TPSA) is 111 Å². The summed E-state index contributed by atoms with van der Waals surface area (Å²) in [6, 6.07) is 3.75. The zero-order chi connectivity index (χ0) is 18.7. The number of carboxylic acid groups (broad SMARTS) is 1. The SMILES string of the molecule is Cc1cc(C)c(-c2cnc(N[C@@H]3CCCN(CC(=O)O)C3)nn2)c(O)c1. The first kappa shape index (κ1) is 18.1. The number of likely N-dealkylation sites (tertiary alicyclic amines) is 1. The van der Waals surface area contributed by atoms with Gasteiger partial charge < -0.3 is 15.5 Å². The van der Waals surface area contributed by atoms with Crippen molar-refractivity contribution in [1.29, 1.82) is 0 Å². The van der Waals surface area contributed by atoms with Crippen LogP contribution in [-0.2, 0) is 4.79 Å². The van der Waals surface area contributed by atoms with Crippen LogP contribution in [-0.4, -0.2) is 61.9 Å². The second kappa shape index (κ2) is 7.65. The molecule has 0 spiro atoms. The average molecular weight is 357 g/mol. The molecule has 1 atom stereocenters. The Kier molecular flexibility index (Phi) is 5.32. The highest BCUT2D eigenvalue weighted by atomic mass is 16.4. The van der Waals surface area contributed by atoms with Crippen LogP contribution < -0.4 is 5.32 Å². The van der Waals surface area contributed by atoms with Crippen LogP contribution >= 0.6 is 0 Å². The van der Waals surface area contributed by atoms with Crippen molar-refractivity contribution in [2.24, 2.45) is 0 Å². The smallest absolute Gasteiger partial charge is 0.317 e. The van der Waals surface area contributed by atoms with Crippen LogP contribution in [0.15, 0.2) is 18.3 Å². The van der Waals surface area contributed by atoms with Crippen LogP contribution in [0, 0.1) is 13.8 Å². The van der Waals surface area contributed by atoms with Gasteiger partial charge in [0.15, 0.2) is 0 Å². The van der Waals surface area contributed by atoms with E-state index in [0.717, 1.165) is 30.5 Å². The molecule has 0 unspecified atom stereocenters. The molecule has 1 aliphatic heterocycles. The molecule has 2 aromatic rings. The Hall–Kier alpha value is -2.74. The molecule has 0 amide bonds. The first-order valence-corrected chi connectivity index (χ1v) is 8.63. The molecule has 1 aromatic heterocycles. The van der Waals surface area contributed by atoms with Gasteiger partial charge in [-0.3, -0.25) is 9.69 Å². The Morgan fingerprint density at radius 3 is 2.81 bits per heavy atom. The largest absolute Gasteiger partial charge is 0.507 e. The highest BCUT2D eigenvalue weighted by Crippen LogP contribution is 2.31. The Balaban J connectivity index is 1.69. The van der Waals surface area contributed by atoms with E-state index in [0.29, 0.717) is 23.8 Å². The maximum absolute atomic E-state index is 10.9. The van der Waals surface area contributed by atoms with Gasteiger partial charge in [-0.1, -0.05) is 6.07 Å². The van der Waals surface area contributed by atoms with Gasteiger partial charge in [-0.05, 0) is 50.4 Å². The number of anilines is 1. The van der Waals surface area contributed by atoms with E-state index >= 15 is 0 Å². The number of piperidine rings is 1. The van der Waals surface area contributed by atoms with E-state index in [1.807, 2.05) is 24.8 Å². The molecule has 1 aromatic carbocycles. The minimum Gasteiger partial charge on any atom is -0.507 e. The van der Waals surface area contributed by atoms with Gasteiger partial charge >= 0.3 is 5.97 Å². The molecule has 8 heteroatoms. The van der Waals surface area contributed by atoms with Crippen molar-refractivity contribution < 1.29 is 15.0 Å². The summed E-state index contributed by atoms with van der Waals surface area (Å²) in [7, 11) is 0. The normalized spacial score (nSPS) is 17.8. The maximum atomic E-state index is 10.9. The van der Waals surface area contributed by atoms with Gasteiger partial charge in [0, 0.05) is 18.2 Å². The van der Waals surface area contributed by atoms with Crippen molar-refractivity contribution in [3.05, 3.63) is 29.5 Å². The molecule has 0 radical (unpaired) electrons. The van der Waals surface area contributed by atoms with E-state index in [9.17, 15) is 9.90 Å². The molecule has 26 heavy (non-hydrogen) atoms. The molecule has 0 bridgehead atoms. The predicted molar refractivity (Wildman–Crippen MR) is 97.1 cm³/mol. The Bertz CT molecular complexity index is 771. The first-order chi connectivity index (χ1) is 12.4. The molecule has 1 aliphatic rings. The van der Waals surface area contributed by atoms with E-state index < -0.39 is 5.97 Å². The number of aliphatic carboxylic acids is 1. The number of carboxylic acids is 1. The number of rotatable bonds is 5. The van der Waals surface area contributed by atoms with Crippen LogP contribution in [0.5, 0.6) is 5.75 Å². The third kappa shape index (κ3) is 4.26. The summed E-state index contributed by atoms with van der Waals surface area (Å²) in [4.78, 5) is 17.1. The number of hydrogen-bond acceptors (Lipinski definition) is 7. The maximum Gasteiger partial charge on any atom is 0.317 e. The van der Waals surface area contributed by atoms with Gasteiger partial charge in [0.25, 0.3) is 0 Å². The standard InChI is InChI=1S/C18H23N5O3/c1-11-6-12(2)17(15(24)7-11)14-8-19-18(22-21-14)20-13-4-3-5-23(9-13)10-16(25)26/h6-8,13,24H,3-5,9-10H2,1-2H3,(H,25,26)(H,19,20,22)/t13-/m1/s1. The van der Waals surface area contributed by atoms with Crippen LogP contribution in [0.1, 0.15) is 24.0 Å². The van der Waals surface area contributed by atoms with E-state index in [-0.39, 0.29) is 18.3 Å². The average Bonchev–Trinajstić information content (AvgIpc) is 2.55. The molecule has 8 nitrogen and oxygen atoms in total. The van der Waals surface area contributed by atoms with Crippen molar-refractivity contribution >= 4 is 11.9 Å².